The van der Waals surface area contributed by atoms with Crippen molar-refractivity contribution < 1.29 is 22.7 Å². The van der Waals surface area contributed by atoms with Gasteiger partial charge in [0.25, 0.3) is 0 Å². The van der Waals surface area contributed by atoms with Crippen LogP contribution in [0.1, 0.15) is 34.8 Å². The number of hydrogen-bond acceptors (Lipinski definition) is 5. The van der Waals surface area contributed by atoms with Crippen LogP contribution in [0.25, 0.3) is 0 Å². The summed E-state index contributed by atoms with van der Waals surface area (Å²) in [6.45, 7) is 5.95. The second-order valence-electron chi connectivity index (χ2n) is 6.65. The Balaban J connectivity index is 1.73. The number of aryl methyl sites for hydroxylation is 2. The van der Waals surface area contributed by atoms with Crippen molar-refractivity contribution in [3.8, 4) is 5.75 Å². The Morgan fingerprint density at radius 1 is 0.966 bits per heavy atom. The number of ether oxygens (including phenoxy) is 1. The summed E-state index contributed by atoms with van der Waals surface area (Å²) in [5, 5.41) is 2.70. The van der Waals surface area contributed by atoms with Crippen molar-refractivity contribution in [2.75, 3.05) is 19.7 Å². The molecule has 0 unspecified atom stereocenters. The molecule has 1 amide bonds. The molecule has 0 heterocycles. The fourth-order valence-electron chi connectivity index (χ4n) is 2.71. The van der Waals surface area contributed by atoms with Crippen LogP contribution in [0.5, 0.6) is 5.75 Å². The molecule has 29 heavy (non-hydrogen) atoms. The zero-order valence-corrected chi connectivity index (χ0v) is 17.6. The fraction of sp³-hybridized carbons (Fsp3) is 0.333. The van der Waals surface area contributed by atoms with Gasteiger partial charge in [-0.15, -0.1) is 0 Å². The molecule has 0 spiro atoms. The third kappa shape index (κ3) is 6.69. The second-order valence-corrected chi connectivity index (χ2v) is 8.41. The SMILES string of the molecule is CC(=O)c1ccc(S(=O)(=O)NCCC(=O)NCCOc2c(C)cccc2C)cc1. The fourth-order valence-corrected chi connectivity index (χ4v) is 3.74. The Morgan fingerprint density at radius 3 is 2.17 bits per heavy atom. The zero-order valence-electron chi connectivity index (χ0n) is 16.8. The maximum Gasteiger partial charge on any atom is 0.240 e. The van der Waals surface area contributed by atoms with Gasteiger partial charge in [-0.3, -0.25) is 9.59 Å². The van der Waals surface area contributed by atoms with Crippen molar-refractivity contribution in [3.05, 3.63) is 59.2 Å². The molecule has 0 saturated carbocycles. The maximum absolute atomic E-state index is 12.2. The number of rotatable bonds is 10. The molecule has 2 N–H and O–H groups in total. The van der Waals surface area contributed by atoms with E-state index in [1.54, 1.807) is 0 Å². The first kappa shape index (κ1) is 22.6. The van der Waals surface area contributed by atoms with E-state index in [1.165, 1.54) is 31.2 Å². The molecule has 0 aliphatic heterocycles. The summed E-state index contributed by atoms with van der Waals surface area (Å²) in [5.74, 6) is 0.398. The summed E-state index contributed by atoms with van der Waals surface area (Å²) in [7, 11) is -3.74. The van der Waals surface area contributed by atoms with E-state index in [2.05, 4.69) is 10.0 Å². The van der Waals surface area contributed by atoms with Crippen LogP contribution < -0.4 is 14.8 Å². The van der Waals surface area contributed by atoms with Gasteiger partial charge in [-0.1, -0.05) is 30.3 Å². The molecule has 2 aromatic carbocycles. The maximum atomic E-state index is 12.2. The Morgan fingerprint density at radius 2 is 1.59 bits per heavy atom. The average Bonchev–Trinajstić information content (AvgIpc) is 2.67. The van der Waals surface area contributed by atoms with E-state index in [0.29, 0.717) is 18.7 Å². The van der Waals surface area contributed by atoms with Crippen molar-refractivity contribution >= 4 is 21.7 Å². The van der Waals surface area contributed by atoms with Crippen LogP contribution in [0.4, 0.5) is 0 Å². The highest BCUT2D eigenvalue weighted by molar-refractivity contribution is 7.89. The number of ketones is 1. The van der Waals surface area contributed by atoms with Gasteiger partial charge in [0, 0.05) is 18.5 Å². The van der Waals surface area contributed by atoms with Gasteiger partial charge in [-0.05, 0) is 44.0 Å². The zero-order chi connectivity index (χ0) is 21.4. The number of para-hydroxylation sites is 1. The minimum atomic E-state index is -3.74. The smallest absolute Gasteiger partial charge is 0.240 e. The largest absolute Gasteiger partial charge is 0.491 e. The number of amides is 1. The van der Waals surface area contributed by atoms with Crippen molar-refractivity contribution in [2.45, 2.75) is 32.1 Å². The highest BCUT2D eigenvalue weighted by atomic mass is 32.2. The first-order valence-corrected chi connectivity index (χ1v) is 10.8. The summed E-state index contributed by atoms with van der Waals surface area (Å²) >= 11 is 0. The summed E-state index contributed by atoms with van der Waals surface area (Å²) in [6.07, 6.45) is 0.00809. The van der Waals surface area contributed by atoms with Crippen LogP contribution in [0.15, 0.2) is 47.4 Å². The summed E-state index contributed by atoms with van der Waals surface area (Å²) in [5.41, 5.74) is 2.50. The first-order valence-electron chi connectivity index (χ1n) is 9.27. The minimum Gasteiger partial charge on any atom is -0.491 e. The number of nitrogens with one attached hydrogen (secondary N) is 2. The monoisotopic (exact) mass is 418 g/mol. The molecule has 0 atom stereocenters. The topological polar surface area (TPSA) is 102 Å². The van der Waals surface area contributed by atoms with Crippen molar-refractivity contribution in [3.63, 3.8) is 0 Å². The lowest BCUT2D eigenvalue weighted by molar-refractivity contribution is -0.121. The number of sulfonamides is 1. The Bertz CT molecular complexity index is 949. The summed E-state index contributed by atoms with van der Waals surface area (Å²) in [4.78, 5) is 23.2. The van der Waals surface area contributed by atoms with Gasteiger partial charge in [0.2, 0.25) is 15.9 Å². The van der Waals surface area contributed by atoms with E-state index >= 15 is 0 Å². The van der Waals surface area contributed by atoms with Crippen LogP contribution in [0, 0.1) is 13.8 Å². The lowest BCUT2D eigenvalue weighted by Crippen LogP contribution is -2.32. The molecule has 0 saturated heterocycles. The molecule has 0 bridgehead atoms. The normalized spacial score (nSPS) is 11.1. The molecule has 0 radical (unpaired) electrons. The number of hydrogen-bond donors (Lipinski definition) is 2. The van der Waals surface area contributed by atoms with Gasteiger partial charge in [0.05, 0.1) is 11.4 Å². The molecule has 8 heteroatoms. The molecule has 0 aromatic heterocycles. The van der Waals surface area contributed by atoms with Gasteiger partial charge < -0.3 is 10.1 Å². The average molecular weight is 419 g/mol. The Labute approximate surface area is 171 Å². The Kier molecular flexibility index (Phi) is 7.92. The van der Waals surface area contributed by atoms with Crippen LogP contribution in [0.3, 0.4) is 0 Å². The Hall–Kier alpha value is -2.71. The lowest BCUT2D eigenvalue weighted by Gasteiger charge is -2.12. The van der Waals surface area contributed by atoms with E-state index in [4.69, 9.17) is 4.74 Å². The van der Waals surface area contributed by atoms with E-state index in [0.717, 1.165) is 16.9 Å². The highest BCUT2D eigenvalue weighted by Crippen LogP contribution is 2.21. The highest BCUT2D eigenvalue weighted by Gasteiger charge is 2.14. The van der Waals surface area contributed by atoms with E-state index in [1.807, 2.05) is 32.0 Å². The summed E-state index contributed by atoms with van der Waals surface area (Å²) < 4.78 is 32.5. The van der Waals surface area contributed by atoms with Crippen LogP contribution >= 0.6 is 0 Å². The molecule has 7 nitrogen and oxygen atoms in total. The van der Waals surface area contributed by atoms with E-state index in [9.17, 15) is 18.0 Å². The van der Waals surface area contributed by atoms with Crippen LogP contribution in [-0.4, -0.2) is 39.8 Å². The molecule has 0 aliphatic carbocycles. The predicted molar refractivity (Wildman–Crippen MR) is 111 cm³/mol. The van der Waals surface area contributed by atoms with Crippen molar-refractivity contribution in [1.29, 1.82) is 0 Å². The van der Waals surface area contributed by atoms with Crippen molar-refractivity contribution in [1.82, 2.24) is 10.0 Å². The summed E-state index contributed by atoms with van der Waals surface area (Å²) in [6, 6.07) is 11.5. The lowest BCUT2D eigenvalue weighted by atomic mass is 10.1. The van der Waals surface area contributed by atoms with Gasteiger partial charge in [0.15, 0.2) is 5.78 Å². The number of carbonyl (C=O) groups is 2. The van der Waals surface area contributed by atoms with Gasteiger partial charge in [0.1, 0.15) is 12.4 Å². The van der Waals surface area contributed by atoms with E-state index in [-0.39, 0.29) is 29.6 Å². The molecule has 2 aromatic rings. The predicted octanol–water partition coefficient (Wildman–Crippen LogP) is 2.37. The molecular weight excluding hydrogens is 392 g/mol. The molecular formula is C21H26N2O5S. The standard InChI is InChI=1S/C21H26N2O5S/c1-15-5-4-6-16(2)21(15)28-14-13-22-20(25)11-12-23-29(26,27)19-9-7-18(8-10-19)17(3)24/h4-10,23H,11-14H2,1-3H3,(H,22,25). The van der Waals surface area contributed by atoms with Crippen molar-refractivity contribution in [2.24, 2.45) is 0 Å². The molecule has 0 fully saturated rings. The third-order valence-electron chi connectivity index (χ3n) is 4.29. The quantitative estimate of drug-likeness (QED) is 0.456. The van der Waals surface area contributed by atoms with Crippen LogP contribution in [0.2, 0.25) is 0 Å². The van der Waals surface area contributed by atoms with E-state index < -0.39 is 10.0 Å². The number of carbonyl (C=O) groups excluding carboxylic acids is 2. The molecule has 2 rings (SSSR count). The number of benzene rings is 2. The van der Waals surface area contributed by atoms with Gasteiger partial charge >= 0.3 is 0 Å². The van der Waals surface area contributed by atoms with Crippen LogP contribution in [-0.2, 0) is 14.8 Å². The molecule has 156 valence electrons. The van der Waals surface area contributed by atoms with Gasteiger partial charge in [-0.2, -0.15) is 0 Å². The van der Waals surface area contributed by atoms with Gasteiger partial charge in [-0.25, -0.2) is 13.1 Å². The first-order chi connectivity index (χ1) is 13.7. The number of Topliss-reactive ketones (excluding diaryl/α,β-unsaturated/α-hetero) is 1. The second kappa shape index (κ2) is 10.2. The minimum absolute atomic E-state index is 0.00809. The third-order valence-corrected chi connectivity index (χ3v) is 5.77. The molecule has 0 aliphatic rings.